The number of β-lactam (4-membered cyclic amide) rings is 1. The molecule has 0 aliphatic carbocycles. The van der Waals surface area contributed by atoms with Crippen LogP contribution >= 0.6 is 11.8 Å². The van der Waals surface area contributed by atoms with Gasteiger partial charge in [0.05, 0.1) is 11.0 Å². The van der Waals surface area contributed by atoms with Crippen molar-refractivity contribution < 1.29 is 9.72 Å². The Kier molecular flexibility index (Phi) is 3.06. The summed E-state index contributed by atoms with van der Waals surface area (Å²) in [6.45, 7) is 0. The van der Waals surface area contributed by atoms with Gasteiger partial charge in [-0.3, -0.25) is 14.9 Å². The molecule has 0 spiro atoms. The van der Waals surface area contributed by atoms with Crippen molar-refractivity contribution in [2.45, 2.75) is 11.3 Å². The van der Waals surface area contributed by atoms with Crippen LogP contribution in [0.1, 0.15) is 11.6 Å². The summed E-state index contributed by atoms with van der Waals surface area (Å²) in [7, 11) is 1.75. The van der Waals surface area contributed by atoms with E-state index in [4.69, 9.17) is 0 Å². The predicted octanol–water partition coefficient (Wildman–Crippen LogP) is 1.84. The Morgan fingerprint density at radius 1 is 1.35 bits per heavy atom. The first-order valence-electron chi connectivity index (χ1n) is 5.10. The second-order valence-electron chi connectivity index (χ2n) is 3.90. The van der Waals surface area contributed by atoms with Gasteiger partial charge in [0.15, 0.2) is 0 Å². The number of likely N-dealkylation sites (tertiary alicyclic amines) is 1. The van der Waals surface area contributed by atoms with Crippen LogP contribution in [0.15, 0.2) is 24.3 Å². The molecule has 17 heavy (non-hydrogen) atoms. The van der Waals surface area contributed by atoms with Gasteiger partial charge in [-0.1, -0.05) is 12.1 Å². The lowest BCUT2D eigenvalue weighted by molar-refractivity contribution is -0.384. The molecule has 1 amide bonds. The SMILES string of the molecule is CS[C@@H]1C(=O)N(C)[C@@H]1c1ccc([N+](=O)[O-])cc1. The lowest BCUT2D eigenvalue weighted by Gasteiger charge is -2.44. The van der Waals surface area contributed by atoms with E-state index in [1.807, 2.05) is 6.26 Å². The van der Waals surface area contributed by atoms with E-state index in [1.54, 1.807) is 24.1 Å². The molecular formula is C11H12N2O3S. The molecule has 2 rings (SSSR count). The van der Waals surface area contributed by atoms with Gasteiger partial charge in [-0.2, -0.15) is 0 Å². The number of rotatable bonds is 3. The summed E-state index contributed by atoms with van der Waals surface area (Å²) in [5.41, 5.74) is 1.01. The van der Waals surface area contributed by atoms with Crippen molar-refractivity contribution in [3.63, 3.8) is 0 Å². The number of nitrogens with zero attached hydrogens (tertiary/aromatic N) is 2. The molecule has 2 atom stereocenters. The molecule has 1 saturated heterocycles. The van der Waals surface area contributed by atoms with E-state index in [2.05, 4.69) is 0 Å². The van der Waals surface area contributed by atoms with Gasteiger partial charge in [-0.05, 0) is 11.8 Å². The highest BCUT2D eigenvalue weighted by Gasteiger charge is 2.45. The van der Waals surface area contributed by atoms with Crippen LogP contribution in [0.3, 0.4) is 0 Å². The lowest BCUT2D eigenvalue weighted by Crippen LogP contribution is -2.54. The fourth-order valence-corrected chi connectivity index (χ4v) is 2.98. The number of thioether (sulfide) groups is 1. The Bertz CT molecular complexity index is 460. The Morgan fingerprint density at radius 3 is 2.41 bits per heavy atom. The lowest BCUT2D eigenvalue weighted by atomic mass is 9.94. The first-order chi connectivity index (χ1) is 8.06. The number of hydrogen-bond donors (Lipinski definition) is 0. The van der Waals surface area contributed by atoms with Gasteiger partial charge < -0.3 is 4.90 Å². The number of amides is 1. The summed E-state index contributed by atoms with van der Waals surface area (Å²) in [5.74, 6) is 0.112. The van der Waals surface area contributed by atoms with E-state index in [0.29, 0.717) is 0 Å². The fraction of sp³-hybridized carbons (Fsp3) is 0.364. The van der Waals surface area contributed by atoms with Crippen molar-refractivity contribution in [3.05, 3.63) is 39.9 Å². The molecule has 90 valence electrons. The van der Waals surface area contributed by atoms with Gasteiger partial charge in [-0.25, -0.2) is 0 Å². The number of carbonyl (C=O) groups is 1. The fourth-order valence-electron chi connectivity index (χ4n) is 2.02. The van der Waals surface area contributed by atoms with Gasteiger partial charge in [0.1, 0.15) is 5.25 Å². The summed E-state index contributed by atoms with van der Waals surface area (Å²) in [6.07, 6.45) is 1.90. The van der Waals surface area contributed by atoms with Crippen LogP contribution in [-0.2, 0) is 4.79 Å². The van der Waals surface area contributed by atoms with Crippen LogP contribution < -0.4 is 0 Å². The minimum Gasteiger partial charge on any atom is -0.336 e. The molecule has 1 aliphatic heterocycles. The molecule has 5 nitrogen and oxygen atoms in total. The maximum Gasteiger partial charge on any atom is 0.269 e. The van der Waals surface area contributed by atoms with E-state index < -0.39 is 4.92 Å². The zero-order valence-electron chi connectivity index (χ0n) is 9.49. The molecule has 6 heteroatoms. The molecule has 0 unspecified atom stereocenters. The van der Waals surface area contributed by atoms with Crippen molar-refractivity contribution in [3.8, 4) is 0 Å². The molecule has 1 aromatic rings. The smallest absolute Gasteiger partial charge is 0.269 e. The van der Waals surface area contributed by atoms with Gasteiger partial charge in [-0.15, -0.1) is 11.8 Å². The Morgan fingerprint density at radius 2 is 1.94 bits per heavy atom. The largest absolute Gasteiger partial charge is 0.336 e. The molecule has 0 saturated carbocycles. The van der Waals surface area contributed by atoms with Gasteiger partial charge in [0.2, 0.25) is 5.91 Å². The average Bonchev–Trinajstić information content (AvgIpc) is 2.34. The van der Waals surface area contributed by atoms with Crippen molar-refractivity contribution >= 4 is 23.4 Å². The Hall–Kier alpha value is -1.56. The van der Waals surface area contributed by atoms with Crippen LogP contribution in [-0.4, -0.2) is 34.3 Å². The summed E-state index contributed by atoms with van der Waals surface area (Å²) in [4.78, 5) is 23.3. The normalized spacial score (nSPS) is 23.4. The monoisotopic (exact) mass is 252 g/mol. The van der Waals surface area contributed by atoms with Crippen molar-refractivity contribution in [1.82, 2.24) is 4.90 Å². The summed E-state index contributed by atoms with van der Waals surface area (Å²) in [6, 6.07) is 6.41. The highest BCUT2D eigenvalue weighted by Crippen LogP contribution is 2.40. The van der Waals surface area contributed by atoms with Crippen molar-refractivity contribution in [1.29, 1.82) is 0 Å². The standard InChI is InChI=1S/C11H12N2O3S/c1-12-9(10(17-2)11(12)14)7-3-5-8(6-4-7)13(15)16/h3-6,9-10H,1-2H3/t9-,10+/m1/s1. The van der Waals surface area contributed by atoms with Crippen LogP contribution in [0, 0.1) is 10.1 Å². The number of nitro groups is 1. The first kappa shape index (κ1) is 11.9. The highest BCUT2D eigenvalue weighted by atomic mass is 32.2. The van der Waals surface area contributed by atoms with Crippen molar-refractivity contribution in [2.75, 3.05) is 13.3 Å². The molecule has 0 N–H and O–H groups in total. The van der Waals surface area contributed by atoms with Crippen LogP contribution in [0.25, 0.3) is 0 Å². The number of benzene rings is 1. The van der Waals surface area contributed by atoms with E-state index in [9.17, 15) is 14.9 Å². The van der Waals surface area contributed by atoms with E-state index in [0.717, 1.165) is 5.56 Å². The Balaban J connectivity index is 2.23. The van der Waals surface area contributed by atoms with Crippen LogP contribution in [0.4, 0.5) is 5.69 Å². The van der Waals surface area contributed by atoms with E-state index in [1.165, 1.54) is 23.9 Å². The number of non-ortho nitro benzene ring substituents is 1. The summed E-state index contributed by atoms with van der Waals surface area (Å²) < 4.78 is 0. The quantitative estimate of drug-likeness (QED) is 0.468. The minimum absolute atomic E-state index is 0.0262. The third-order valence-corrected chi connectivity index (χ3v) is 3.96. The molecular weight excluding hydrogens is 240 g/mol. The summed E-state index contributed by atoms with van der Waals surface area (Å²) in [5, 5.41) is 10.5. The van der Waals surface area contributed by atoms with Crippen molar-refractivity contribution in [2.24, 2.45) is 0 Å². The first-order valence-corrected chi connectivity index (χ1v) is 6.39. The number of nitro benzene ring substituents is 1. The zero-order valence-corrected chi connectivity index (χ0v) is 10.3. The third kappa shape index (κ3) is 1.88. The number of hydrogen-bond acceptors (Lipinski definition) is 4. The van der Waals surface area contributed by atoms with Gasteiger partial charge in [0, 0.05) is 19.2 Å². The molecule has 1 aromatic carbocycles. The van der Waals surface area contributed by atoms with Gasteiger partial charge >= 0.3 is 0 Å². The highest BCUT2D eigenvalue weighted by molar-refractivity contribution is 8.00. The van der Waals surface area contributed by atoms with Gasteiger partial charge in [0.25, 0.3) is 5.69 Å². The molecule has 0 bridgehead atoms. The van der Waals surface area contributed by atoms with Crippen LogP contribution in [0.2, 0.25) is 0 Å². The molecule has 0 radical (unpaired) electrons. The number of carbonyl (C=O) groups excluding carboxylic acids is 1. The summed E-state index contributed by atoms with van der Waals surface area (Å²) >= 11 is 1.51. The van der Waals surface area contributed by atoms with Crippen LogP contribution in [0.5, 0.6) is 0 Å². The molecule has 0 aromatic heterocycles. The minimum atomic E-state index is -0.425. The molecule has 1 aliphatic rings. The maximum atomic E-state index is 11.5. The second kappa shape index (κ2) is 4.37. The second-order valence-corrected chi connectivity index (χ2v) is 4.88. The Labute approximate surface area is 103 Å². The zero-order chi connectivity index (χ0) is 12.6. The third-order valence-electron chi connectivity index (χ3n) is 2.99. The molecule has 1 heterocycles. The predicted molar refractivity (Wildman–Crippen MR) is 65.9 cm³/mol. The average molecular weight is 252 g/mol. The molecule has 1 fully saturated rings. The van der Waals surface area contributed by atoms with E-state index in [-0.39, 0.29) is 22.9 Å². The topological polar surface area (TPSA) is 63.5 Å². The maximum absolute atomic E-state index is 11.5. The van der Waals surface area contributed by atoms with E-state index >= 15 is 0 Å².